The minimum atomic E-state index is -0.0207. The smallest absolute Gasteiger partial charge is 0.143 e. The van der Waals surface area contributed by atoms with Gasteiger partial charge in [-0.15, -0.1) is 0 Å². The molecule has 0 aromatic heterocycles. The molecular formula is C18H20Cl2N2O2. The van der Waals surface area contributed by atoms with Crippen molar-refractivity contribution in [1.29, 1.82) is 0 Å². The second-order valence-corrected chi connectivity index (χ2v) is 6.42. The van der Waals surface area contributed by atoms with Gasteiger partial charge < -0.3 is 14.7 Å². The van der Waals surface area contributed by atoms with E-state index in [1.54, 1.807) is 19.4 Å². The third kappa shape index (κ3) is 4.63. The molecule has 0 saturated carbocycles. The lowest BCUT2D eigenvalue weighted by Gasteiger charge is -2.23. The number of aromatic hydroxyl groups is 1. The van der Waals surface area contributed by atoms with E-state index in [4.69, 9.17) is 27.9 Å². The second-order valence-electron chi connectivity index (χ2n) is 5.58. The Morgan fingerprint density at radius 2 is 2.00 bits per heavy atom. The first-order chi connectivity index (χ1) is 11.4. The van der Waals surface area contributed by atoms with Gasteiger partial charge in [-0.1, -0.05) is 35.3 Å². The number of methoxy groups -OCH3 is 1. The summed E-state index contributed by atoms with van der Waals surface area (Å²) < 4.78 is 5.28. The van der Waals surface area contributed by atoms with Crippen LogP contribution in [0.15, 0.2) is 41.4 Å². The van der Waals surface area contributed by atoms with Gasteiger partial charge in [0.05, 0.1) is 24.7 Å². The highest BCUT2D eigenvalue weighted by Gasteiger charge is 2.14. The fraction of sp³-hybridized carbons (Fsp3) is 0.278. The molecule has 0 radical (unpaired) electrons. The van der Waals surface area contributed by atoms with Crippen molar-refractivity contribution in [3.63, 3.8) is 0 Å². The number of rotatable bonds is 6. The molecule has 1 atom stereocenters. The fourth-order valence-corrected chi connectivity index (χ4v) is 2.86. The molecule has 2 aromatic rings. The van der Waals surface area contributed by atoms with E-state index in [1.807, 2.05) is 38.4 Å². The van der Waals surface area contributed by atoms with Gasteiger partial charge in [0.2, 0.25) is 0 Å². The van der Waals surface area contributed by atoms with Crippen molar-refractivity contribution < 1.29 is 9.84 Å². The fourth-order valence-electron chi connectivity index (χ4n) is 2.35. The van der Waals surface area contributed by atoms with Crippen LogP contribution in [-0.2, 0) is 0 Å². The van der Waals surface area contributed by atoms with Gasteiger partial charge in [-0.25, -0.2) is 0 Å². The lowest BCUT2D eigenvalue weighted by molar-refractivity contribution is 0.305. The van der Waals surface area contributed by atoms with Crippen molar-refractivity contribution in [2.75, 3.05) is 27.7 Å². The van der Waals surface area contributed by atoms with Crippen molar-refractivity contribution in [2.24, 2.45) is 4.99 Å². The van der Waals surface area contributed by atoms with Crippen LogP contribution in [0.25, 0.3) is 0 Å². The Hall–Kier alpha value is -1.75. The molecule has 4 nitrogen and oxygen atoms in total. The monoisotopic (exact) mass is 366 g/mol. The number of halogens is 2. The quantitative estimate of drug-likeness (QED) is 0.769. The van der Waals surface area contributed by atoms with Gasteiger partial charge in [-0.05, 0) is 43.9 Å². The van der Waals surface area contributed by atoms with Crippen molar-refractivity contribution in [3.05, 3.63) is 57.6 Å². The molecule has 0 fully saturated rings. The largest absolute Gasteiger partial charge is 0.506 e. The highest BCUT2D eigenvalue weighted by atomic mass is 35.5. The average Bonchev–Trinajstić information content (AvgIpc) is 2.55. The molecule has 0 aliphatic carbocycles. The molecule has 0 spiro atoms. The highest BCUT2D eigenvalue weighted by molar-refractivity contribution is 6.36. The van der Waals surface area contributed by atoms with Crippen LogP contribution < -0.4 is 4.74 Å². The van der Waals surface area contributed by atoms with Crippen LogP contribution in [0.5, 0.6) is 11.5 Å². The summed E-state index contributed by atoms with van der Waals surface area (Å²) in [6.07, 6.45) is 1.59. The minimum absolute atomic E-state index is 0.0207. The van der Waals surface area contributed by atoms with Crippen LogP contribution >= 0.6 is 23.2 Å². The third-order valence-electron chi connectivity index (χ3n) is 3.67. The van der Waals surface area contributed by atoms with Gasteiger partial charge in [-0.3, -0.25) is 4.99 Å². The summed E-state index contributed by atoms with van der Waals surface area (Å²) in [5.74, 6) is 0.787. The molecular weight excluding hydrogens is 347 g/mol. The maximum absolute atomic E-state index is 9.97. The number of phenolic OH excluding ortho intramolecular Hbond substituents is 1. The molecule has 2 aromatic carbocycles. The Morgan fingerprint density at radius 1 is 1.25 bits per heavy atom. The van der Waals surface area contributed by atoms with E-state index >= 15 is 0 Å². The van der Waals surface area contributed by atoms with Gasteiger partial charge in [0, 0.05) is 16.8 Å². The van der Waals surface area contributed by atoms with Crippen LogP contribution in [0, 0.1) is 0 Å². The molecule has 128 valence electrons. The SMILES string of the molecule is COc1cccc([C@H](CN=Cc2cc(Cl)cc(Cl)c2O)N(C)C)c1. The summed E-state index contributed by atoms with van der Waals surface area (Å²) in [6, 6.07) is 11.1. The Labute approximate surface area is 152 Å². The number of hydrogen-bond donors (Lipinski definition) is 1. The number of benzene rings is 2. The maximum Gasteiger partial charge on any atom is 0.143 e. The summed E-state index contributed by atoms with van der Waals surface area (Å²) in [5, 5.41) is 10.6. The number of hydrogen-bond acceptors (Lipinski definition) is 4. The molecule has 1 N–H and O–H groups in total. The Bertz CT molecular complexity index is 733. The van der Waals surface area contributed by atoms with E-state index in [0.717, 1.165) is 11.3 Å². The van der Waals surface area contributed by atoms with Crippen LogP contribution in [0.2, 0.25) is 10.0 Å². The minimum Gasteiger partial charge on any atom is -0.506 e. The number of likely N-dealkylation sites (N-methyl/N-ethyl adjacent to an activating group) is 1. The lowest BCUT2D eigenvalue weighted by atomic mass is 10.1. The number of ether oxygens (including phenoxy) is 1. The maximum atomic E-state index is 9.97. The van der Waals surface area contributed by atoms with Gasteiger partial charge in [0.1, 0.15) is 11.5 Å². The van der Waals surface area contributed by atoms with E-state index in [1.165, 1.54) is 6.07 Å². The summed E-state index contributed by atoms with van der Waals surface area (Å²) in [5.41, 5.74) is 1.60. The zero-order chi connectivity index (χ0) is 17.7. The molecule has 2 rings (SSSR count). The van der Waals surface area contributed by atoms with Crippen molar-refractivity contribution in [1.82, 2.24) is 4.90 Å². The van der Waals surface area contributed by atoms with Gasteiger partial charge in [-0.2, -0.15) is 0 Å². The highest BCUT2D eigenvalue weighted by Crippen LogP contribution is 2.30. The second kappa shape index (κ2) is 8.38. The number of nitrogens with zero attached hydrogens (tertiary/aromatic N) is 2. The predicted octanol–water partition coefficient (Wildman–Crippen LogP) is 4.43. The first-order valence-electron chi connectivity index (χ1n) is 7.40. The first-order valence-corrected chi connectivity index (χ1v) is 8.16. The number of phenols is 1. The summed E-state index contributed by atoms with van der Waals surface area (Å²) in [4.78, 5) is 6.53. The van der Waals surface area contributed by atoms with Gasteiger partial charge in [0.25, 0.3) is 0 Å². The van der Waals surface area contributed by atoms with Gasteiger partial charge >= 0.3 is 0 Å². The average molecular weight is 367 g/mol. The molecule has 0 aliphatic rings. The molecule has 0 unspecified atom stereocenters. The van der Waals surface area contributed by atoms with E-state index < -0.39 is 0 Å². The summed E-state index contributed by atoms with van der Waals surface area (Å²) >= 11 is 11.9. The lowest BCUT2D eigenvalue weighted by Crippen LogP contribution is -2.22. The van der Waals surface area contributed by atoms with Crippen LogP contribution in [-0.4, -0.2) is 44.0 Å². The standard InChI is InChI=1S/C18H20Cl2N2O2/c1-22(2)17(12-5-4-6-15(8-12)24-3)11-21-10-13-7-14(19)9-16(20)18(13)23/h4-10,17,23H,11H2,1-3H3/t17-/m0/s1. The Kier molecular flexibility index (Phi) is 6.49. The third-order valence-corrected chi connectivity index (χ3v) is 4.17. The molecule has 6 heteroatoms. The van der Waals surface area contributed by atoms with Gasteiger partial charge in [0.15, 0.2) is 0 Å². The molecule has 0 bridgehead atoms. The van der Waals surface area contributed by atoms with Crippen molar-refractivity contribution in [2.45, 2.75) is 6.04 Å². The van der Waals surface area contributed by atoms with Crippen LogP contribution in [0.4, 0.5) is 0 Å². The zero-order valence-corrected chi connectivity index (χ0v) is 15.3. The van der Waals surface area contributed by atoms with E-state index in [0.29, 0.717) is 17.1 Å². The van der Waals surface area contributed by atoms with E-state index in [2.05, 4.69) is 9.89 Å². The molecule has 0 aliphatic heterocycles. The van der Waals surface area contributed by atoms with Crippen LogP contribution in [0.1, 0.15) is 17.2 Å². The Balaban J connectivity index is 2.20. The summed E-state index contributed by atoms with van der Waals surface area (Å²) in [6.45, 7) is 0.518. The first kappa shape index (κ1) is 18.6. The molecule has 24 heavy (non-hydrogen) atoms. The zero-order valence-electron chi connectivity index (χ0n) is 13.8. The van der Waals surface area contributed by atoms with E-state index in [-0.39, 0.29) is 16.8 Å². The molecule has 0 heterocycles. The summed E-state index contributed by atoms with van der Waals surface area (Å²) in [7, 11) is 5.63. The van der Waals surface area contributed by atoms with Crippen molar-refractivity contribution >= 4 is 29.4 Å². The predicted molar refractivity (Wildman–Crippen MR) is 100 cm³/mol. The molecule has 0 saturated heterocycles. The molecule has 0 amide bonds. The van der Waals surface area contributed by atoms with E-state index in [9.17, 15) is 5.11 Å². The topological polar surface area (TPSA) is 45.1 Å². The van der Waals surface area contributed by atoms with Crippen LogP contribution in [0.3, 0.4) is 0 Å². The normalized spacial score (nSPS) is 12.8. The Morgan fingerprint density at radius 3 is 2.67 bits per heavy atom. The van der Waals surface area contributed by atoms with Crippen molar-refractivity contribution in [3.8, 4) is 11.5 Å². The number of aliphatic imine (C=N–C) groups is 1.